The highest BCUT2D eigenvalue weighted by Gasteiger charge is 2.18. The summed E-state index contributed by atoms with van der Waals surface area (Å²) in [4.78, 5) is 12.0. The number of benzene rings is 1. The molecule has 128 valence electrons. The van der Waals surface area contributed by atoms with Crippen molar-refractivity contribution in [1.29, 1.82) is 0 Å². The Morgan fingerprint density at radius 3 is 2.71 bits per heavy atom. The van der Waals surface area contributed by atoms with Gasteiger partial charge in [0.15, 0.2) is 0 Å². The SMILES string of the molecule is Cc1noc(C)c1COc1ccc(C(=O)OCC2CCCO2)cc1. The van der Waals surface area contributed by atoms with Crippen LogP contribution in [-0.4, -0.2) is 30.4 Å². The number of aromatic nitrogens is 1. The van der Waals surface area contributed by atoms with Gasteiger partial charge in [-0.2, -0.15) is 0 Å². The first-order valence-electron chi connectivity index (χ1n) is 8.07. The fourth-order valence-electron chi connectivity index (χ4n) is 2.58. The monoisotopic (exact) mass is 331 g/mol. The first-order valence-corrected chi connectivity index (χ1v) is 8.07. The summed E-state index contributed by atoms with van der Waals surface area (Å²) in [7, 11) is 0. The molecule has 0 aliphatic carbocycles. The van der Waals surface area contributed by atoms with Crippen LogP contribution in [0.3, 0.4) is 0 Å². The van der Waals surface area contributed by atoms with Crippen LogP contribution in [-0.2, 0) is 16.1 Å². The molecule has 1 aliphatic rings. The molecule has 0 spiro atoms. The predicted molar refractivity (Wildman–Crippen MR) is 86.0 cm³/mol. The van der Waals surface area contributed by atoms with Gasteiger partial charge in [-0.1, -0.05) is 5.16 Å². The lowest BCUT2D eigenvalue weighted by Gasteiger charge is -2.10. The zero-order valence-corrected chi connectivity index (χ0v) is 13.9. The lowest BCUT2D eigenvalue weighted by atomic mass is 10.2. The van der Waals surface area contributed by atoms with Crippen LogP contribution in [0.25, 0.3) is 0 Å². The predicted octanol–water partition coefficient (Wildman–Crippen LogP) is 3.21. The van der Waals surface area contributed by atoms with Crippen LogP contribution in [0.5, 0.6) is 5.75 Å². The molecule has 24 heavy (non-hydrogen) atoms. The zero-order chi connectivity index (χ0) is 16.9. The Balaban J connectivity index is 1.52. The van der Waals surface area contributed by atoms with Crippen LogP contribution in [0.2, 0.25) is 0 Å². The Bertz CT molecular complexity index is 666. The molecule has 0 radical (unpaired) electrons. The van der Waals surface area contributed by atoms with E-state index in [1.165, 1.54) is 0 Å². The summed E-state index contributed by atoms with van der Waals surface area (Å²) in [6, 6.07) is 6.89. The van der Waals surface area contributed by atoms with E-state index in [2.05, 4.69) is 5.16 Å². The van der Waals surface area contributed by atoms with Crippen LogP contribution in [0.15, 0.2) is 28.8 Å². The van der Waals surface area contributed by atoms with Crippen molar-refractivity contribution in [3.05, 3.63) is 46.8 Å². The van der Waals surface area contributed by atoms with E-state index >= 15 is 0 Å². The minimum atomic E-state index is -0.345. The second-order valence-corrected chi connectivity index (χ2v) is 5.85. The number of hydrogen-bond acceptors (Lipinski definition) is 6. The number of nitrogens with zero attached hydrogens (tertiary/aromatic N) is 1. The Morgan fingerprint density at radius 1 is 1.29 bits per heavy atom. The van der Waals surface area contributed by atoms with Crippen molar-refractivity contribution < 1.29 is 23.5 Å². The second kappa shape index (κ2) is 7.49. The number of aryl methyl sites for hydroxylation is 2. The molecule has 1 aliphatic heterocycles. The Morgan fingerprint density at radius 2 is 2.08 bits per heavy atom. The van der Waals surface area contributed by atoms with Crippen LogP contribution < -0.4 is 4.74 Å². The number of ether oxygens (including phenoxy) is 3. The summed E-state index contributed by atoms with van der Waals surface area (Å²) in [5, 5.41) is 3.89. The van der Waals surface area contributed by atoms with Gasteiger partial charge in [0.25, 0.3) is 0 Å². The Kier molecular flexibility index (Phi) is 5.15. The molecule has 0 saturated carbocycles. The molecule has 0 N–H and O–H groups in total. The summed E-state index contributed by atoms with van der Waals surface area (Å²) in [6.07, 6.45) is 2.01. The van der Waals surface area contributed by atoms with E-state index in [1.54, 1.807) is 24.3 Å². The standard InChI is InChI=1S/C18H21NO5/c1-12-17(13(2)24-19-12)11-22-15-7-5-14(6-8-15)18(20)23-10-16-4-3-9-21-16/h5-8,16H,3-4,9-11H2,1-2H3. The maximum absolute atomic E-state index is 12.0. The molecule has 1 fully saturated rings. The second-order valence-electron chi connectivity index (χ2n) is 5.85. The molecule has 1 unspecified atom stereocenters. The summed E-state index contributed by atoms with van der Waals surface area (Å²) < 4.78 is 21.5. The normalized spacial score (nSPS) is 17.0. The van der Waals surface area contributed by atoms with Crippen molar-refractivity contribution in [2.45, 2.75) is 39.4 Å². The topological polar surface area (TPSA) is 70.8 Å². The van der Waals surface area contributed by atoms with Gasteiger partial charge in [-0.3, -0.25) is 0 Å². The van der Waals surface area contributed by atoms with Crippen molar-refractivity contribution in [2.24, 2.45) is 0 Å². The van der Waals surface area contributed by atoms with E-state index < -0.39 is 0 Å². The van der Waals surface area contributed by atoms with E-state index in [0.29, 0.717) is 24.5 Å². The molecular weight excluding hydrogens is 310 g/mol. The number of carbonyl (C=O) groups is 1. The van der Waals surface area contributed by atoms with E-state index in [1.807, 2.05) is 13.8 Å². The number of hydrogen-bond donors (Lipinski definition) is 0. The summed E-state index contributed by atoms with van der Waals surface area (Å²) >= 11 is 0. The molecule has 6 heteroatoms. The first-order chi connectivity index (χ1) is 11.6. The van der Waals surface area contributed by atoms with Crippen molar-refractivity contribution >= 4 is 5.97 Å². The van der Waals surface area contributed by atoms with Gasteiger partial charge in [-0.25, -0.2) is 4.79 Å². The fourth-order valence-corrected chi connectivity index (χ4v) is 2.58. The molecule has 1 aromatic carbocycles. The number of rotatable bonds is 6. The maximum Gasteiger partial charge on any atom is 0.338 e. The molecular formula is C18H21NO5. The van der Waals surface area contributed by atoms with Crippen molar-refractivity contribution in [3.8, 4) is 5.75 Å². The molecule has 1 atom stereocenters. The van der Waals surface area contributed by atoms with Gasteiger partial charge >= 0.3 is 5.97 Å². The largest absolute Gasteiger partial charge is 0.489 e. The van der Waals surface area contributed by atoms with Gasteiger partial charge < -0.3 is 18.7 Å². The van der Waals surface area contributed by atoms with E-state index in [9.17, 15) is 4.79 Å². The highest BCUT2D eigenvalue weighted by molar-refractivity contribution is 5.89. The highest BCUT2D eigenvalue weighted by Crippen LogP contribution is 2.19. The van der Waals surface area contributed by atoms with E-state index in [-0.39, 0.29) is 12.1 Å². The molecule has 6 nitrogen and oxygen atoms in total. The molecule has 0 amide bonds. The first kappa shape index (κ1) is 16.5. The number of carbonyl (C=O) groups excluding carboxylic acids is 1. The van der Waals surface area contributed by atoms with Gasteiger partial charge in [0.1, 0.15) is 24.7 Å². The lowest BCUT2D eigenvalue weighted by Crippen LogP contribution is -2.17. The van der Waals surface area contributed by atoms with Gasteiger partial charge in [-0.15, -0.1) is 0 Å². The average Bonchev–Trinajstić information content (AvgIpc) is 3.22. The van der Waals surface area contributed by atoms with Crippen molar-refractivity contribution in [2.75, 3.05) is 13.2 Å². The summed E-state index contributed by atoms with van der Waals surface area (Å²) in [5.41, 5.74) is 2.26. The Hall–Kier alpha value is -2.34. The Labute approximate surface area is 140 Å². The quantitative estimate of drug-likeness (QED) is 0.757. The van der Waals surface area contributed by atoms with Crippen LogP contribution in [0, 0.1) is 13.8 Å². The van der Waals surface area contributed by atoms with Crippen molar-refractivity contribution in [3.63, 3.8) is 0 Å². The third-order valence-electron chi connectivity index (χ3n) is 4.08. The van der Waals surface area contributed by atoms with Gasteiger partial charge in [0.05, 0.1) is 22.9 Å². The summed E-state index contributed by atoms with van der Waals surface area (Å²) in [6.45, 7) is 5.17. The minimum absolute atomic E-state index is 0.0339. The molecule has 3 rings (SSSR count). The average molecular weight is 331 g/mol. The number of esters is 1. The zero-order valence-electron chi connectivity index (χ0n) is 13.9. The van der Waals surface area contributed by atoms with Gasteiger partial charge in [-0.05, 0) is 51.0 Å². The minimum Gasteiger partial charge on any atom is -0.489 e. The third-order valence-corrected chi connectivity index (χ3v) is 4.08. The molecule has 0 bridgehead atoms. The van der Waals surface area contributed by atoms with Gasteiger partial charge in [0, 0.05) is 6.61 Å². The third kappa shape index (κ3) is 3.94. The van der Waals surface area contributed by atoms with E-state index in [4.69, 9.17) is 18.7 Å². The summed E-state index contributed by atoms with van der Waals surface area (Å²) in [5.74, 6) is 1.08. The van der Waals surface area contributed by atoms with Crippen LogP contribution in [0.4, 0.5) is 0 Å². The smallest absolute Gasteiger partial charge is 0.338 e. The molecule has 1 aromatic heterocycles. The fraction of sp³-hybridized carbons (Fsp3) is 0.444. The van der Waals surface area contributed by atoms with Gasteiger partial charge in [0.2, 0.25) is 0 Å². The molecule has 2 aromatic rings. The maximum atomic E-state index is 12.0. The molecule has 2 heterocycles. The lowest BCUT2D eigenvalue weighted by molar-refractivity contribution is 0.0161. The highest BCUT2D eigenvalue weighted by atomic mass is 16.6. The van der Waals surface area contributed by atoms with Crippen molar-refractivity contribution in [1.82, 2.24) is 5.16 Å². The van der Waals surface area contributed by atoms with Crippen LogP contribution in [0.1, 0.15) is 40.2 Å². The van der Waals surface area contributed by atoms with Crippen LogP contribution >= 0.6 is 0 Å². The van der Waals surface area contributed by atoms with E-state index in [0.717, 1.165) is 36.5 Å². The molecule has 1 saturated heterocycles.